The molecule has 0 saturated carbocycles. The normalized spacial score (nSPS) is 10.7. The summed E-state index contributed by atoms with van der Waals surface area (Å²) in [5.74, 6) is 0.405. The molecule has 0 spiro atoms. The molecule has 0 aliphatic heterocycles. The number of pyridine rings is 1. The first-order valence-corrected chi connectivity index (χ1v) is 6.07. The van der Waals surface area contributed by atoms with Gasteiger partial charge in [0.1, 0.15) is 11.5 Å². The molecule has 3 N–H and O–H groups in total. The lowest BCUT2D eigenvalue weighted by molar-refractivity contribution is -0.114. The lowest BCUT2D eigenvalue weighted by Crippen LogP contribution is -2.08. The molecule has 0 bridgehead atoms. The standard InChI is InChI=1S/C14H15N5O/c1-9-3-5-11(6-4-9)18-19-12-7-8-13(16-10(2)20)17-14(12)15/h3-8H,1-2H3,(H3,15,16,17,20). The maximum absolute atomic E-state index is 10.9. The predicted molar refractivity (Wildman–Crippen MR) is 78.3 cm³/mol. The second-order valence-electron chi connectivity index (χ2n) is 4.32. The van der Waals surface area contributed by atoms with Crippen LogP contribution in [0.5, 0.6) is 0 Å². The summed E-state index contributed by atoms with van der Waals surface area (Å²) in [6.07, 6.45) is 0. The third kappa shape index (κ3) is 3.61. The van der Waals surface area contributed by atoms with Gasteiger partial charge in [-0.25, -0.2) is 4.98 Å². The van der Waals surface area contributed by atoms with Crippen LogP contribution < -0.4 is 11.1 Å². The number of amides is 1. The first-order chi connectivity index (χ1) is 9.54. The van der Waals surface area contributed by atoms with Crippen LogP contribution in [0.25, 0.3) is 0 Å². The number of aryl methyl sites for hydroxylation is 1. The van der Waals surface area contributed by atoms with Gasteiger partial charge in [0.2, 0.25) is 5.91 Å². The second kappa shape index (κ2) is 5.92. The van der Waals surface area contributed by atoms with Gasteiger partial charge >= 0.3 is 0 Å². The number of hydrogen-bond acceptors (Lipinski definition) is 5. The molecule has 0 fully saturated rings. The maximum Gasteiger partial charge on any atom is 0.222 e. The molecule has 0 unspecified atom stereocenters. The van der Waals surface area contributed by atoms with Gasteiger partial charge in [0.25, 0.3) is 0 Å². The van der Waals surface area contributed by atoms with E-state index in [1.54, 1.807) is 12.1 Å². The van der Waals surface area contributed by atoms with Crippen LogP contribution in [0.1, 0.15) is 12.5 Å². The van der Waals surface area contributed by atoms with Crippen LogP contribution in [-0.2, 0) is 4.79 Å². The van der Waals surface area contributed by atoms with Crippen LogP contribution in [0.2, 0.25) is 0 Å². The molecular formula is C14H15N5O. The fourth-order valence-electron chi connectivity index (χ4n) is 1.53. The molecule has 0 saturated heterocycles. The van der Waals surface area contributed by atoms with Crippen LogP contribution in [0.15, 0.2) is 46.6 Å². The zero-order chi connectivity index (χ0) is 14.5. The highest BCUT2D eigenvalue weighted by Crippen LogP contribution is 2.24. The second-order valence-corrected chi connectivity index (χ2v) is 4.32. The Morgan fingerprint density at radius 1 is 1.15 bits per heavy atom. The Morgan fingerprint density at radius 3 is 2.45 bits per heavy atom. The van der Waals surface area contributed by atoms with Crippen LogP contribution in [0, 0.1) is 6.92 Å². The molecule has 0 aliphatic carbocycles. The number of nitrogens with zero attached hydrogens (tertiary/aromatic N) is 3. The van der Waals surface area contributed by atoms with Crippen molar-refractivity contribution < 1.29 is 4.79 Å². The molecule has 6 heteroatoms. The van der Waals surface area contributed by atoms with Gasteiger partial charge in [-0.3, -0.25) is 4.79 Å². The molecule has 0 atom stereocenters. The van der Waals surface area contributed by atoms with Gasteiger partial charge in [-0.2, -0.15) is 5.11 Å². The fraction of sp³-hybridized carbons (Fsp3) is 0.143. The third-order valence-electron chi connectivity index (χ3n) is 2.51. The summed E-state index contributed by atoms with van der Waals surface area (Å²) in [7, 11) is 0. The summed E-state index contributed by atoms with van der Waals surface area (Å²) < 4.78 is 0. The van der Waals surface area contributed by atoms with Crippen molar-refractivity contribution >= 4 is 28.9 Å². The summed E-state index contributed by atoms with van der Waals surface area (Å²) in [6.45, 7) is 3.41. The largest absolute Gasteiger partial charge is 0.382 e. The van der Waals surface area contributed by atoms with Crippen molar-refractivity contribution in [3.05, 3.63) is 42.0 Å². The molecule has 1 aromatic carbocycles. The van der Waals surface area contributed by atoms with Crippen molar-refractivity contribution in [1.82, 2.24) is 4.98 Å². The predicted octanol–water partition coefficient (Wildman–Crippen LogP) is 3.35. The third-order valence-corrected chi connectivity index (χ3v) is 2.51. The Hall–Kier alpha value is -2.76. The molecule has 0 radical (unpaired) electrons. The minimum Gasteiger partial charge on any atom is -0.382 e. The van der Waals surface area contributed by atoms with Gasteiger partial charge in [0.15, 0.2) is 5.82 Å². The number of benzene rings is 1. The van der Waals surface area contributed by atoms with Crippen LogP contribution in [-0.4, -0.2) is 10.9 Å². The Morgan fingerprint density at radius 2 is 1.85 bits per heavy atom. The zero-order valence-corrected chi connectivity index (χ0v) is 11.3. The number of rotatable bonds is 3. The lowest BCUT2D eigenvalue weighted by atomic mass is 10.2. The van der Waals surface area contributed by atoms with Crippen molar-refractivity contribution in [3.8, 4) is 0 Å². The van der Waals surface area contributed by atoms with Gasteiger partial charge < -0.3 is 11.1 Å². The van der Waals surface area contributed by atoms with Crippen LogP contribution in [0.3, 0.4) is 0 Å². The molecule has 1 aromatic heterocycles. The molecule has 1 amide bonds. The Kier molecular flexibility index (Phi) is 4.05. The molecule has 2 rings (SSSR count). The monoisotopic (exact) mass is 269 g/mol. The first kappa shape index (κ1) is 13.7. The van der Waals surface area contributed by atoms with E-state index in [0.717, 1.165) is 11.3 Å². The highest BCUT2D eigenvalue weighted by Gasteiger charge is 2.03. The molecule has 102 valence electrons. The molecule has 1 heterocycles. The number of nitrogens with one attached hydrogen (secondary N) is 1. The van der Waals surface area contributed by atoms with E-state index in [1.165, 1.54) is 6.92 Å². The minimum atomic E-state index is -0.203. The van der Waals surface area contributed by atoms with Gasteiger partial charge in [-0.05, 0) is 31.2 Å². The number of anilines is 2. The molecule has 0 aliphatic rings. The number of aromatic nitrogens is 1. The minimum absolute atomic E-state index is 0.203. The van der Waals surface area contributed by atoms with Crippen LogP contribution >= 0.6 is 0 Å². The molecule has 2 aromatic rings. The highest BCUT2D eigenvalue weighted by molar-refractivity contribution is 5.88. The van der Waals surface area contributed by atoms with E-state index in [0.29, 0.717) is 11.5 Å². The fourth-order valence-corrected chi connectivity index (χ4v) is 1.53. The number of nitrogens with two attached hydrogens (primary N) is 1. The van der Waals surface area contributed by atoms with Crippen molar-refractivity contribution in [2.75, 3.05) is 11.1 Å². The van der Waals surface area contributed by atoms with E-state index in [4.69, 9.17) is 5.73 Å². The Bertz CT molecular complexity index is 649. The topological polar surface area (TPSA) is 92.7 Å². The molecule has 20 heavy (non-hydrogen) atoms. The number of carbonyl (C=O) groups is 1. The summed E-state index contributed by atoms with van der Waals surface area (Å²) in [6, 6.07) is 10.9. The van der Waals surface area contributed by atoms with Crippen molar-refractivity contribution in [2.45, 2.75) is 13.8 Å². The summed E-state index contributed by atoms with van der Waals surface area (Å²) in [4.78, 5) is 14.9. The summed E-state index contributed by atoms with van der Waals surface area (Å²) in [5.41, 5.74) is 8.12. The van der Waals surface area contributed by atoms with E-state index in [-0.39, 0.29) is 11.7 Å². The SMILES string of the molecule is CC(=O)Nc1ccc(N=Nc2ccc(C)cc2)c(N)n1. The number of hydrogen-bond donors (Lipinski definition) is 2. The lowest BCUT2D eigenvalue weighted by Gasteiger charge is -2.03. The average molecular weight is 269 g/mol. The van der Waals surface area contributed by atoms with Crippen molar-refractivity contribution in [2.24, 2.45) is 10.2 Å². The number of azo groups is 1. The van der Waals surface area contributed by atoms with Gasteiger partial charge in [-0.1, -0.05) is 17.7 Å². The maximum atomic E-state index is 10.9. The van der Waals surface area contributed by atoms with Gasteiger partial charge in [0.05, 0.1) is 5.69 Å². The number of nitrogen functional groups attached to an aromatic ring is 1. The van der Waals surface area contributed by atoms with Gasteiger partial charge in [-0.15, -0.1) is 5.11 Å². The van der Waals surface area contributed by atoms with Crippen LogP contribution in [0.4, 0.5) is 23.0 Å². The van der Waals surface area contributed by atoms with E-state index in [1.807, 2.05) is 31.2 Å². The quantitative estimate of drug-likeness (QED) is 0.837. The van der Waals surface area contributed by atoms with Gasteiger partial charge in [0, 0.05) is 6.92 Å². The average Bonchev–Trinajstić information content (AvgIpc) is 2.39. The Balaban J connectivity index is 2.17. The summed E-state index contributed by atoms with van der Waals surface area (Å²) >= 11 is 0. The van der Waals surface area contributed by atoms with Crippen molar-refractivity contribution in [3.63, 3.8) is 0 Å². The molecular weight excluding hydrogens is 254 g/mol. The number of carbonyl (C=O) groups excluding carboxylic acids is 1. The van der Waals surface area contributed by atoms with Crippen molar-refractivity contribution in [1.29, 1.82) is 0 Å². The smallest absolute Gasteiger partial charge is 0.222 e. The Labute approximate surface area is 116 Å². The zero-order valence-electron chi connectivity index (χ0n) is 11.3. The summed E-state index contributed by atoms with van der Waals surface area (Å²) in [5, 5.41) is 10.7. The van der Waals surface area contributed by atoms with E-state index >= 15 is 0 Å². The van der Waals surface area contributed by atoms with E-state index in [2.05, 4.69) is 20.5 Å². The first-order valence-electron chi connectivity index (χ1n) is 6.07. The van der Waals surface area contributed by atoms with E-state index in [9.17, 15) is 4.79 Å². The van der Waals surface area contributed by atoms with E-state index < -0.39 is 0 Å². The molecule has 6 nitrogen and oxygen atoms in total. The highest BCUT2D eigenvalue weighted by atomic mass is 16.1.